The van der Waals surface area contributed by atoms with Crippen LogP contribution in [0.5, 0.6) is 5.75 Å². The predicted molar refractivity (Wildman–Crippen MR) is 95.4 cm³/mol. The van der Waals surface area contributed by atoms with Gasteiger partial charge in [-0.1, -0.05) is 32.4 Å². The van der Waals surface area contributed by atoms with Crippen LogP contribution in [0.25, 0.3) is 0 Å². The van der Waals surface area contributed by atoms with E-state index in [1.165, 1.54) is 11.7 Å². The first-order valence-corrected chi connectivity index (χ1v) is 8.94. The number of carbonyl (C=O) groups is 1. The lowest BCUT2D eigenvalue weighted by Gasteiger charge is -2.14. The molecule has 0 spiro atoms. The number of amides is 1. The van der Waals surface area contributed by atoms with Crippen molar-refractivity contribution in [3.05, 3.63) is 45.2 Å². The number of ether oxygens (including phenoxy) is 1. The van der Waals surface area contributed by atoms with Crippen LogP contribution in [0.1, 0.15) is 42.5 Å². The summed E-state index contributed by atoms with van der Waals surface area (Å²) in [5.74, 6) is -8.61. The van der Waals surface area contributed by atoms with Gasteiger partial charge in [0.2, 0.25) is 11.6 Å². The number of hydrogen-bond donors (Lipinski definition) is 1. The Balaban J connectivity index is 2.27. The fourth-order valence-electron chi connectivity index (χ4n) is 2.47. The van der Waals surface area contributed by atoms with Crippen molar-refractivity contribution in [2.24, 2.45) is 13.0 Å². The zero-order chi connectivity index (χ0) is 21.2. The zero-order valence-corrected chi connectivity index (χ0v) is 16.6. The number of rotatable bonds is 7. The maximum Gasteiger partial charge on any atom is 0.271 e. The molecule has 0 unspecified atom stereocenters. The summed E-state index contributed by atoms with van der Waals surface area (Å²) in [4.78, 5) is 12.3. The van der Waals surface area contributed by atoms with Crippen molar-refractivity contribution in [1.29, 1.82) is 0 Å². The lowest BCUT2D eigenvalue weighted by atomic mass is 10.1. The molecule has 0 aliphatic carbocycles. The summed E-state index contributed by atoms with van der Waals surface area (Å²) in [6.45, 7) is 4.29. The highest BCUT2D eigenvalue weighted by atomic mass is 35.5. The van der Waals surface area contributed by atoms with Gasteiger partial charge in [0.05, 0.1) is 17.3 Å². The summed E-state index contributed by atoms with van der Waals surface area (Å²) in [6, 6.07) is 0. The van der Waals surface area contributed by atoms with E-state index in [0.29, 0.717) is 12.1 Å². The SMILES string of the molecule is CCc1nn(C)c(C(=O)NCc2c(F)c(F)c(OCC(C)C)c(F)c2F)c1Cl. The topological polar surface area (TPSA) is 56.2 Å². The van der Waals surface area contributed by atoms with Crippen LogP contribution < -0.4 is 10.1 Å². The molecule has 0 aliphatic rings. The van der Waals surface area contributed by atoms with Gasteiger partial charge in [0.25, 0.3) is 5.91 Å². The molecule has 1 heterocycles. The lowest BCUT2D eigenvalue weighted by molar-refractivity contribution is 0.0940. The average Bonchev–Trinajstić information content (AvgIpc) is 2.93. The van der Waals surface area contributed by atoms with Crippen LogP contribution in [0.15, 0.2) is 0 Å². The Morgan fingerprint density at radius 1 is 1.18 bits per heavy atom. The van der Waals surface area contributed by atoms with Gasteiger partial charge < -0.3 is 10.1 Å². The zero-order valence-electron chi connectivity index (χ0n) is 15.8. The van der Waals surface area contributed by atoms with E-state index in [1.54, 1.807) is 20.8 Å². The van der Waals surface area contributed by atoms with Crippen LogP contribution >= 0.6 is 11.6 Å². The lowest BCUT2D eigenvalue weighted by Crippen LogP contribution is -2.27. The molecular weight excluding hydrogens is 402 g/mol. The van der Waals surface area contributed by atoms with Gasteiger partial charge >= 0.3 is 0 Å². The van der Waals surface area contributed by atoms with Gasteiger partial charge in [0.1, 0.15) is 5.69 Å². The molecule has 0 bridgehead atoms. The van der Waals surface area contributed by atoms with Gasteiger partial charge in [-0.25, -0.2) is 8.78 Å². The Bertz CT molecular complexity index is 871. The highest BCUT2D eigenvalue weighted by Crippen LogP contribution is 2.30. The van der Waals surface area contributed by atoms with Crippen molar-refractivity contribution < 1.29 is 27.1 Å². The van der Waals surface area contributed by atoms with Crippen molar-refractivity contribution in [1.82, 2.24) is 15.1 Å². The van der Waals surface area contributed by atoms with E-state index in [1.807, 2.05) is 0 Å². The largest absolute Gasteiger partial charge is 0.487 e. The summed E-state index contributed by atoms with van der Waals surface area (Å²) in [6.07, 6.45) is 0.470. The summed E-state index contributed by atoms with van der Waals surface area (Å²) in [7, 11) is 1.47. The van der Waals surface area contributed by atoms with E-state index >= 15 is 0 Å². The summed E-state index contributed by atoms with van der Waals surface area (Å²) in [5.41, 5.74) is -0.526. The molecule has 5 nitrogen and oxygen atoms in total. The highest BCUT2D eigenvalue weighted by Gasteiger charge is 2.28. The molecule has 1 N–H and O–H groups in total. The van der Waals surface area contributed by atoms with Gasteiger partial charge in [0, 0.05) is 19.2 Å². The second kappa shape index (κ2) is 8.81. The van der Waals surface area contributed by atoms with Crippen LogP contribution in [0.4, 0.5) is 17.6 Å². The maximum atomic E-state index is 14.2. The second-order valence-electron chi connectivity index (χ2n) is 6.54. The molecule has 0 radical (unpaired) electrons. The number of halogens is 5. The Labute approximate surface area is 164 Å². The minimum atomic E-state index is -1.66. The molecule has 2 rings (SSSR count). The summed E-state index contributed by atoms with van der Waals surface area (Å²) in [5, 5.41) is 6.35. The normalized spacial score (nSPS) is 11.2. The van der Waals surface area contributed by atoms with Crippen molar-refractivity contribution in [2.45, 2.75) is 33.7 Å². The molecule has 1 amide bonds. The Morgan fingerprint density at radius 2 is 1.75 bits per heavy atom. The van der Waals surface area contributed by atoms with Crippen LogP contribution in [0, 0.1) is 29.2 Å². The number of carbonyl (C=O) groups excluding carboxylic acids is 1. The summed E-state index contributed by atoms with van der Waals surface area (Å²) >= 11 is 6.07. The molecular formula is C18H20ClF4N3O2. The highest BCUT2D eigenvalue weighted by molar-refractivity contribution is 6.34. The molecule has 0 aliphatic heterocycles. The Morgan fingerprint density at radius 3 is 2.21 bits per heavy atom. The number of aromatic nitrogens is 2. The number of nitrogens with one attached hydrogen (secondary N) is 1. The standard InChI is InChI=1S/C18H20ClF4N3O2/c1-5-10-11(19)16(26(4)25-10)18(27)24-6-9-12(20)14(22)17(15(23)13(9)21)28-7-8(2)3/h8H,5-7H2,1-4H3,(H,24,27). The molecule has 1 aromatic carbocycles. The second-order valence-corrected chi connectivity index (χ2v) is 6.92. The van der Waals surface area contributed by atoms with E-state index in [0.717, 1.165) is 0 Å². The maximum absolute atomic E-state index is 14.2. The van der Waals surface area contributed by atoms with Crippen molar-refractivity contribution in [2.75, 3.05) is 6.61 Å². The van der Waals surface area contributed by atoms with E-state index < -0.39 is 47.0 Å². The van der Waals surface area contributed by atoms with Gasteiger partial charge in [-0.3, -0.25) is 9.48 Å². The molecule has 0 saturated carbocycles. The number of hydrogen-bond acceptors (Lipinski definition) is 3. The number of aryl methyl sites for hydroxylation is 2. The van der Waals surface area contributed by atoms with Crippen LogP contribution in [-0.4, -0.2) is 22.3 Å². The van der Waals surface area contributed by atoms with Crippen molar-refractivity contribution >= 4 is 17.5 Å². The third-order valence-corrected chi connectivity index (χ3v) is 4.30. The van der Waals surface area contributed by atoms with Gasteiger partial charge in [-0.2, -0.15) is 13.9 Å². The third-order valence-electron chi connectivity index (χ3n) is 3.91. The smallest absolute Gasteiger partial charge is 0.271 e. The molecule has 0 saturated heterocycles. The first kappa shape index (κ1) is 22.0. The molecule has 2 aromatic rings. The van der Waals surface area contributed by atoms with Gasteiger partial charge in [-0.15, -0.1) is 0 Å². The van der Waals surface area contributed by atoms with Crippen LogP contribution in [-0.2, 0) is 20.0 Å². The number of nitrogens with zero attached hydrogens (tertiary/aromatic N) is 2. The van der Waals surface area contributed by atoms with Crippen LogP contribution in [0.3, 0.4) is 0 Å². The Hall–Kier alpha value is -2.29. The minimum absolute atomic E-state index is 0.0304. The molecule has 154 valence electrons. The van der Waals surface area contributed by atoms with E-state index in [4.69, 9.17) is 16.3 Å². The third kappa shape index (κ3) is 4.24. The van der Waals surface area contributed by atoms with Gasteiger partial charge in [-0.05, 0) is 12.3 Å². The van der Waals surface area contributed by atoms with E-state index in [2.05, 4.69) is 10.4 Å². The quantitative estimate of drug-likeness (QED) is 0.539. The molecule has 1 aromatic heterocycles. The van der Waals surface area contributed by atoms with Crippen molar-refractivity contribution in [3.8, 4) is 5.75 Å². The monoisotopic (exact) mass is 421 g/mol. The van der Waals surface area contributed by atoms with E-state index in [-0.39, 0.29) is 23.2 Å². The van der Waals surface area contributed by atoms with Gasteiger partial charge in [0.15, 0.2) is 17.4 Å². The first-order valence-electron chi connectivity index (χ1n) is 8.57. The van der Waals surface area contributed by atoms with Crippen molar-refractivity contribution in [3.63, 3.8) is 0 Å². The molecule has 10 heteroatoms. The van der Waals surface area contributed by atoms with E-state index in [9.17, 15) is 22.4 Å². The Kier molecular flexibility index (Phi) is 6.92. The average molecular weight is 422 g/mol. The predicted octanol–water partition coefficient (Wildman–Crippen LogP) is 4.16. The summed E-state index contributed by atoms with van der Waals surface area (Å²) < 4.78 is 62.8. The first-order chi connectivity index (χ1) is 13.1. The molecule has 0 fully saturated rings. The van der Waals surface area contributed by atoms with Crippen LogP contribution in [0.2, 0.25) is 5.02 Å². The number of benzene rings is 1. The fourth-order valence-corrected chi connectivity index (χ4v) is 2.85. The minimum Gasteiger partial charge on any atom is -0.487 e. The molecule has 0 atom stereocenters. The molecule has 28 heavy (non-hydrogen) atoms. The fraction of sp³-hybridized carbons (Fsp3) is 0.444.